The van der Waals surface area contributed by atoms with E-state index in [0.29, 0.717) is 40.3 Å². The number of hydrogen-bond acceptors (Lipinski definition) is 7. The minimum absolute atomic E-state index is 0.0591. The molecule has 0 spiro atoms. The third kappa shape index (κ3) is 3.68. The number of ether oxygens (including phenoxy) is 1. The van der Waals surface area contributed by atoms with E-state index >= 15 is 0 Å². The van der Waals surface area contributed by atoms with Crippen molar-refractivity contribution in [2.45, 2.75) is 23.8 Å². The number of sulfonamides is 1. The fourth-order valence-corrected chi connectivity index (χ4v) is 5.98. The monoisotopic (exact) mass is 452 g/mol. The summed E-state index contributed by atoms with van der Waals surface area (Å²) in [5, 5.41) is 3.18. The number of carbonyl (C=O) groups excluding carboxylic acids is 1. The van der Waals surface area contributed by atoms with E-state index in [1.165, 1.54) is 17.5 Å². The predicted octanol–water partition coefficient (Wildman–Crippen LogP) is 3.15. The fraction of sp³-hybridized carbons (Fsp3) is 0.278. The molecule has 2 aromatic carbocycles. The van der Waals surface area contributed by atoms with Crippen molar-refractivity contribution in [2.75, 3.05) is 19.0 Å². The van der Waals surface area contributed by atoms with Crippen LogP contribution in [0.1, 0.15) is 12.8 Å². The number of hydrogen-bond donors (Lipinski definition) is 1. The second-order valence-electron chi connectivity index (χ2n) is 6.50. The number of halogens is 1. The van der Waals surface area contributed by atoms with E-state index in [-0.39, 0.29) is 11.4 Å². The highest BCUT2D eigenvalue weighted by molar-refractivity contribution is 7.89. The lowest BCUT2D eigenvalue weighted by Gasteiger charge is -2.24. The van der Waals surface area contributed by atoms with Gasteiger partial charge in [-0.15, -0.1) is 0 Å². The number of fused-ring (bicyclic) bond motifs is 1. The molecule has 0 aliphatic carbocycles. The first kappa shape index (κ1) is 20.0. The number of nitrogens with one attached hydrogen (secondary N) is 1. The van der Waals surface area contributed by atoms with Crippen molar-refractivity contribution in [2.24, 2.45) is 0 Å². The van der Waals surface area contributed by atoms with Crippen molar-refractivity contribution < 1.29 is 17.9 Å². The van der Waals surface area contributed by atoms with Crippen LogP contribution < -0.4 is 10.1 Å². The van der Waals surface area contributed by atoms with Crippen LogP contribution in [0, 0.1) is 0 Å². The molecule has 4 rings (SSSR count). The minimum atomic E-state index is -3.93. The molecule has 1 saturated heterocycles. The van der Waals surface area contributed by atoms with E-state index in [2.05, 4.69) is 14.1 Å². The first-order valence-electron chi connectivity index (χ1n) is 8.79. The number of aromatic nitrogens is 2. The summed E-state index contributed by atoms with van der Waals surface area (Å²) >= 11 is 6.97. The summed E-state index contributed by atoms with van der Waals surface area (Å²) in [6.45, 7) is 0.251. The van der Waals surface area contributed by atoms with E-state index in [9.17, 15) is 13.2 Å². The number of carbonyl (C=O) groups is 1. The summed E-state index contributed by atoms with van der Waals surface area (Å²) in [6, 6.07) is 8.82. The summed E-state index contributed by atoms with van der Waals surface area (Å²) < 4.78 is 41.4. The van der Waals surface area contributed by atoms with E-state index in [0.717, 1.165) is 11.7 Å². The molecule has 1 atom stereocenters. The van der Waals surface area contributed by atoms with Crippen LogP contribution in [0.3, 0.4) is 0 Å². The zero-order chi connectivity index (χ0) is 20.6. The quantitative estimate of drug-likeness (QED) is 0.638. The van der Waals surface area contributed by atoms with Crippen molar-refractivity contribution in [3.05, 3.63) is 41.4 Å². The molecule has 8 nitrogen and oxygen atoms in total. The Balaban J connectivity index is 1.65. The van der Waals surface area contributed by atoms with Gasteiger partial charge >= 0.3 is 0 Å². The summed E-state index contributed by atoms with van der Waals surface area (Å²) in [5.74, 6) is 0.00342. The minimum Gasteiger partial charge on any atom is -0.495 e. The second kappa shape index (κ2) is 7.86. The van der Waals surface area contributed by atoms with Crippen LogP contribution in [0.25, 0.3) is 11.0 Å². The van der Waals surface area contributed by atoms with E-state index in [1.807, 2.05) is 0 Å². The standard InChI is InChI=1S/C18H17ClN4O4S2/c1-27-15-8-7-11(19)10-13(15)20-18(24)14-5-3-9-23(14)29(25,26)16-6-2-4-12-17(16)22-28-21-12/h2,4,6-8,10,14H,3,5,9H2,1H3,(H,20,24)/t14-/m1/s1. The third-order valence-corrected chi connectivity index (χ3v) is 7.48. The lowest BCUT2D eigenvalue weighted by molar-refractivity contribution is -0.119. The molecule has 3 aromatic rings. The first-order chi connectivity index (χ1) is 13.9. The van der Waals surface area contributed by atoms with Crippen LogP contribution in [-0.2, 0) is 14.8 Å². The van der Waals surface area contributed by atoms with Crippen molar-refractivity contribution >= 4 is 56.0 Å². The molecule has 1 aliphatic heterocycles. The lowest BCUT2D eigenvalue weighted by Crippen LogP contribution is -2.43. The Morgan fingerprint density at radius 3 is 2.93 bits per heavy atom. The molecule has 1 amide bonds. The Morgan fingerprint density at radius 2 is 2.14 bits per heavy atom. The van der Waals surface area contributed by atoms with Gasteiger partial charge < -0.3 is 10.1 Å². The van der Waals surface area contributed by atoms with Crippen LogP contribution in [0.5, 0.6) is 5.75 Å². The molecule has 0 radical (unpaired) electrons. The van der Waals surface area contributed by atoms with Crippen molar-refractivity contribution in [1.29, 1.82) is 0 Å². The summed E-state index contributed by atoms with van der Waals surface area (Å²) in [5.41, 5.74) is 1.22. The van der Waals surface area contributed by atoms with Gasteiger partial charge in [-0.05, 0) is 43.2 Å². The highest BCUT2D eigenvalue weighted by Gasteiger charge is 2.40. The molecule has 1 N–H and O–H groups in total. The number of anilines is 1. The van der Waals surface area contributed by atoms with Crippen LogP contribution in [-0.4, -0.2) is 47.1 Å². The van der Waals surface area contributed by atoms with Crippen LogP contribution in [0.2, 0.25) is 5.02 Å². The fourth-order valence-electron chi connectivity index (χ4n) is 3.40. The second-order valence-corrected chi connectivity index (χ2v) is 9.32. The highest BCUT2D eigenvalue weighted by Crippen LogP contribution is 2.32. The van der Waals surface area contributed by atoms with Gasteiger partial charge in [-0.2, -0.15) is 13.1 Å². The molecule has 29 heavy (non-hydrogen) atoms. The Labute approximate surface area is 176 Å². The van der Waals surface area contributed by atoms with Gasteiger partial charge in [0.05, 0.1) is 24.5 Å². The zero-order valence-corrected chi connectivity index (χ0v) is 17.7. The molecule has 0 bridgehead atoms. The molecule has 2 heterocycles. The number of rotatable bonds is 5. The van der Waals surface area contributed by atoms with Gasteiger partial charge in [0.2, 0.25) is 15.9 Å². The Kier molecular flexibility index (Phi) is 5.43. The molecule has 1 aliphatic rings. The Bertz CT molecular complexity index is 1180. The molecule has 152 valence electrons. The van der Waals surface area contributed by atoms with Crippen molar-refractivity contribution in [1.82, 2.24) is 13.1 Å². The van der Waals surface area contributed by atoms with E-state index < -0.39 is 22.0 Å². The number of benzene rings is 2. The summed E-state index contributed by atoms with van der Waals surface area (Å²) in [4.78, 5) is 13.0. The normalized spacial score (nSPS) is 17.5. The van der Waals surface area contributed by atoms with Gasteiger partial charge in [0, 0.05) is 11.6 Å². The molecular weight excluding hydrogens is 436 g/mol. The smallest absolute Gasteiger partial charge is 0.246 e. The maximum atomic E-state index is 13.3. The van der Waals surface area contributed by atoms with Gasteiger partial charge in [0.1, 0.15) is 27.7 Å². The molecule has 0 unspecified atom stereocenters. The number of amides is 1. The molecule has 0 saturated carbocycles. The maximum absolute atomic E-state index is 13.3. The van der Waals surface area contributed by atoms with E-state index in [4.69, 9.17) is 16.3 Å². The largest absolute Gasteiger partial charge is 0.495 e. The number of nitrogens with zero attached hydrogens (tertiary/aromatic N) is 3. The van der Waals surface area contributed by atoms with Gasteiger partial charge in [-0.25, -0.2) is 8.42 Å². The number of methoxy groups -OCH3 is 1. The highest BCUT2D eigenvalue weighted by atomic mass is 35.5. The summed E-state index contributed by atoms with van der Waals surface area (Å²) in [7, 11) is -2.45. The van der Waals surface area contributed by atoms with Crippen LogP contribution in [0.4, 0.5) is 5.69 Å². The SMILES string of the molecule is COc1ccc(Cl)cc1NC(=O)[C@H]1CCCN1S(=O)(=O)c1cccc2nsnc12. The van der Waals surface area contributed by atoms with Gasteiger partial charge in [0.15, 0.2) is 0 Å². The average Bonchev–Trinajstić information content (AvgIpc) is 3.37. The van der Waals surface area contributed by atoms with E-state index in [1.54, 1.807) is 30.3 Å². The zero-order valence-electron chi connectivity index (χ0n) is 15.3. The average molecular weight is 453 g/mol. The van der Waals surface area contributed by atoms with Crippen LogP contribution >= 0.6 is 23.3 Å². The first-order valence-corrected chi connectivity index (χ1v) is 11.3. The lowest BCUT2D eigenvalue weighted by atomic mass is 10.2. The Hall–Kier alpha value is -2.27. The van der Waals surface area contributed by atoms with Gasteiger partial charge in [-0.1, -0.05) is 17.7 Å². The molecule has 1 aromatic heterocycles. The Morgan fingerprint density at radius 1 is 1.31 bits per heavy atom. The molecule has 11 heteroatoms. The van der Waals surface area contributed by atoms with Gasteiger partial charge in [-0.3, -0.25) is 4.79 Å². The predicted molar refractivity (Wildman–Crippen MR) is 111 cm³/mol. The third-order valence-electron chi connectivity index (χ3n) is 4.76. The maximum Gasteiger partial charge on any atom is 0.246 e. The van der Waals surface area contributed by atoms with Gasteiger partial charge in [0.25, 0.3) is 0 Å². The topological polar surface area (TPSA) is 101 Å². The summed E-state index contributed by atoms with van der Waals surface area (Å²) in [6.07, 6.45) is 0.995. The van der Waals surface area contributed by atoms with Crippen molar-refractivity contribution in [3.63, 3.8) is 0 Å². The molecule has 1 fully saturated rings. The molecular formula is C18H17ClN4O4S2. The van der Waals surface area contributed by atoms with Crippen molar-refractivity contribution in [3.8, 4) is 5.75 Å². The van der Waals surface area contributed by atoms with Crippen LogP contribution in [0.15, 0.2) is 41.3 Å².